The van der Waals surface area contributed by atoms with Crippen molar-refractivity contribution in [2.24, 2.45) is 11.8 Å². The Morgan fingerprint density at radius 3 is 2.65 bits per heavy atom. The Bertz CT molecular complexity index is 1200. The fourth-order valence-electron chi connectivity index (χ4n) is 5.63. The van der Waals surface area contributed by atoms with Gasteiger partial charge < -0.3 is 23.7 Å². The monoisotopic (exact) mass is 476 g/mol. The highest BCUT2D eigenvalue weighted by Crippen LogP contribution is 2.57. The van der Waals surface area contributed by atoms with Crippen LogP contribution in [0.5, 0.6) is 28.7 Å². The van der Waals surface area contributed by atoms with E-state index in [1.807, 2.05) is 24.3 Å². The van der Waals surface area contributed by atoms with Gasteiger partial charge in [0.25, 0.3) is 0 Å². The van der Waals surface area contributed by atoms with E-state index >= 15 is 0 Å². The van der Waals surface area contributed by atoms with E-state index in [0.717, 1.165) is 46.5 Å². The van der Waals surface area contributed by atoms with Gasteiger partial charge in [0.05, 0.1) is 14.2 Å². The normalized spacial score (nSPS) is 22.1. The summed E-state index contributed by atoms with van der Waals surface area (Å²) in [5, 5.41) is 0. The van der Waals surface area contributed by atoms with E-state index in [-0.39, 0.29) is 12.7 Å². The summed E-state index contributed by atoms with van der Waals surface area (Å²) in [4.78, 5) is 0. The molecule has 0 amide bonds. The number of thioether (sulfide) groups is 1. The third kappa shape index (κ3) is 3.65. The first-order valence-corrected chi connectivity index (χ1v) is 12.8. The van der Waals surface area contributed by atoms with Crippen LogP contribution in [0.1, 0.15) is 28.2 Å². The van der Waals surface area contributed by atoms with Crippen LogP contribution in [-0.4, -0.2) is 32.5 Å². The van der Waals surface area contributed by atoms with Gasteiger partial charge in [-0.15, -0.1) is 0 Å². The highest BCUT2D eigenvalue weighted by Gasteiger charge is 2.44. The van der Waals surface area contributed by atoms with Crippen molar-refractivity contribution in [2.45, 2.75) is 18.9 Å². The van der Waals surface area contributed by atoms with Crippen LogP contribution in [0.25, 0.3) is 0 Å². The summed E-state index contributed by atoms with van der Waals surface area (Å²) >= 11 is 2.05. The quantitative estimate of drug-likeness (QED) is 0.456. The molecule has 0 aromatic heterocycles. The van der Waals surface area contributed by atoms with Crippen LogP contribution in [-0.2, 0) is 13.0 Å². The summed E-state index contributed by atoms with van der Waals surface area (Å²) in [6.07, 6.45) is 1.05. The predicted octanol–water partition coefficient (Wildman–Crippen LogP) is 5.68. The van der Waals surface area contributed by atoms with Crippen LogP contribution in [0.2, 0.25) is 0 Å². The number of benzene rings is 3. The molecule has 1 aliphatic carbocycles. The van der Waals surface area contributed by atoms with Crippen molar-refractivity contribution in [3.8, 4) is 28.7 Å². The molecule has 3 atom stereocenters. The molecule has 6 heteroatoms. The van der Waals surface area contributed by atoms with Crippen molar-refractivity contribution < 1.29 is 23.7 Å². The second kappa shape index (κ2) is 8.99. The van der Waals surface area contributed by atoms with Crippen LogP contribution >= 0.6 is 11.8 Å². The Morgan fingerprint density at radius 2 is 1.82 bits per heavy atom. The average Bonchev–Trinajstić information content (AvgIpc) is 3.54. The third-order valence-electron chi connectivity index (χ3n) is 7.20. The highest BCUT2D eigenvalue weighted by molar-refractivity contribution is 7.99. The minimum atomic E-state index is 0.193. The maximum absolute atomic E-state index is 6.27. The molecule has 3 aliphatic rings. The minimum absolute atomic E-state index is 0.193. The molecular formula is C28H28O5S. The van der Waals surface area contributed by atoms with E-state index in [4.69, 9.17) is 23.7 Å². The molecule has 2 heterocycles. The molecule has 1 saturated heterocycles. The molecule has 1 fully saturated rings. The molecule has 0 N–H and O–H groups in total. The molecule has 5 nitrogen and oxygen atoms in total. The Balaban J connectivity index is 1.44. The van der Waals surface area contributed by atoms with E-state index in [1.165, 1.54) is 22.4 Å². The van der Waals surface area contributed by atoms with Crippen LogP contribution < -0.4 is 23.7 Å². The topological polar surface area (TPSA) is 46.2 Å². The SMILES string of the molecule is COc1ccc([C@H]2c3c(cc4c(c3OC)OCO4)C[C@H]3CSC[C@@H]32)cc1OCc1ccccc1. The first kappa shape index (κ1) is 21.5. The first-order chi connectivity index (χ1) is 16.8. The number of methoxy groups -OCH3 is 2. The van der Waals surface area contributed by atoms with Gasteiger partial charge in [0.1, 0.15) is 6.61 Å². The molecule has 176 valence electrons. The molecular weight excluding hydrogens is 448 g/mol. The van der Waals surface area contributed by atoms with Crippen LogP contribution in [0.3, 0.4) is 0 Å². The maximum Gasteiger partial charge on any atom is 0.231 e. The lowest BCUT2D eigenvalue weighted by atomic mass is 9.67. The number of rotatable bonds is 6. The van der Waals surface area contributed by atoms with Gasteiger partial charge in [-0.2, -0.15) is 11.8 Å². The van der Waals surface area contributed by atoms with Crippen molar-refractivity contribution in [2.75, 3.05) is 32.5 Å². The Labute approximate surface area is 204 Å². The number of ether oxygens (including phenoxy) is 5. The van der Waals surface area contributed by atoms with Crippen LogP contribution in [0, 0.1) is 11.8 Å². The van der Waals surface area contributed by atoms with Gasteiger partial charge in [0.2, 0.25) is 12.5 Å². The predicted molar refractivity (Wildman–Crippen MR) is 133 cm³/mol. The van der Waals surface area contributed by atoms with Gasteiger partial charge in [-0.25, -0.2) is 0 Å². The van der Waals surface area contributed by atoms with Gasteiger partial charge >= 0.3 is 0 Å². The molecule has 0 bridgehead atoms. The number of hydrogen-bond acceptors (Lipinski definition) is 6. The zero-order chi connectivity index (χ0) is 23.1. The van der Waals surface area contributed by atoms with Crippen LogP contribution in [0.4, 0.5) is 0 Å². The van der Waals surface area contributed by atoms with Crippen molar-refractivity contribution >= 4 is 11.8 Å². The van der Waals surface area contributed by atoms with Crippen molar-refractivity contribution in [3.63, 3.8) is 0 Å². The molecule has 0 radical (unpaired) electrons. The zero-order valence-corrected chi connectivity index (χ0v) is 20.2. The maximum atomic E-state index is 6.27. The molecule has 0 spiro atoms. The van der Waals surface area contributed by atoms with E-state index < -0.39 is 0 Å². The lowest BCUT2D eigenvalue weighted by Gasteiger charge is -2.37. The lowest BCUT2D eigenvalue weighted by Crippen LogP contribution is -2.30. The second-order valence-corrected chi connectivity index (χ2v) is 10.1. The van der Waals surface area contributed by atoms with Gasteiger partial charge in [-0.05, 0) is 64.7 Å². The Kier molecular flexibility index (Phi) is 5.69. The van der Waals surface area contributed by atoms with Gasteiger partial charge in [0, 0.05) is 11.5 Å². The number of hydrogen-bond donors (Lipinski definition) is 0. The number of fused-ring (bicyclic) bond motifs is 3. The van der Waals surface area contributed by atoms with Gasteiger partial charge in [0.15, 0.2) is 23.0 Å². The fourth-order valence-corrected chi connectivity index (χ4v) is 7.17. The molecule has 0 unspecified atom stereocenters. The average molecular weight is 477 g/mol. The van der Waals surface area contributed by atoms with E-state index in [2.05, 4.69) is 42.1 Å². The largest absolute Gasteiger partial charge is 0.493 e. The molecule has 6 rings (SSSR count). The first-order valence-electron chi connectivity index (χ1n) is 11.7. The van der Waals surface area contributed by atoms with E-state index in [9.17, 15) is 0 Å². The minimum Gasteiger partial charge on any atom is -0.493 e. The highest BCUT2D eigenvalue weighted by atomic mass is 32.2. The van der Waals surface area contributed by atoms with Crippen molar-refractivity contribution in [3.05, 3.63) is 76.9 Å². The molecule has 2 aliphatic heterocycles. The van der Waals surface area contributed by atoms with E-state index in [1.54, 1.807) is 14.2 Å². The second-order valence-electron chi connectivity index (χ2n) is 9.04. The van der Waals surface area contributed by atoms with Crippen molar-refractivity contribution in [1.82, 2.24) is 0 Å². The Hall–Kier alpha value is -2.99. The Morgan fingerprint density at radius 1 is 0.941 bits per heavy atom. The summed E-state index contributed by atoms with van der Waals surface area (Å²) in [7, 11) is 3.42. The summed E-state index contributed by atoms with van der Waals surface area (Å²) < 4.78 is 29.5. The van der Waals surface area contributed by atoms with Gasteiger partial charge in [-0.3, -0.25) is 0 Å². The zero-order valence-electron chi connectivity index (χ0n) is 19.4. The molecule has 3 aromatic rings. The lowest BCUT2D eigenvalue weighted by molar-refractivity contribution is 0.171. The fraction of sp³-hybridized carbons (Fsp3) is 0.357. The molecule has 3 aromatic carbocycles. The summed E-state index contributed by atoms with van der Waals surface area (Å²) in [6, 6.07) is 18.7. The van der Waals surface area contributed by atoms with E-state index in [0.29, 0.717) is 18.4 Å². The summed E-state index contributed by atoms with van der Waals surface area (Å²) in [5.41, 5.74) is 4.88. The molecule has 0 saturated carbocycles. The smallest absolute Gasteiger partial charge is 0.231 e. The summed E-state index contributed by atoms with van der Waals surface area (Å²) in [5.74, 6) is 7.51. The van der Waals surface area contributed by atoms with Crippen molar-refractivity contribution in [1.29, 1.82) is 0 Å². The van der Waals surface area contributed by atoms with Crippen LogP contribution in [0.15, 0.2) is 54.6 Å². The third-order valence-corrected chi connectivity index (χ3v) is 8.49. The molecule has 34 heavy (non-hydrogen) atoms. The van der Waals surface area contributed by atoms with Gasteiger partial charge in [-0.1, -0.05) is 36.4 Å². The summed E-state index contributed by atoms with van der Waals surface area (Å²) in [6.45, 7) is 0.730. The standard InChI is InChI=1S/C28H28O5S/c1-29-22-9-8-18(11-23(22)31-13-17-6-4-3-5-7-17)25-21-15-34-14-20(21)10-19-12-24-27(33-16-32-24)28(30-2)26(19)25/h3-9,11-12,20-21,25H,10,13-16H2,1-2H3/t20-,21-,25+/m0/s1.